The zero-order valence-electron chi connectivity index (χ0n) is 8.90. The minimum atomic E-state index is -0.386. The Morgan fingerprint density at radius 1 is 1.41 bits per heavy atom. The van der Waals surface area contributed by atoms with E-state index in [2.05, 4.69) is 15.9 Å². The van der Waals surface area contributed by atoms with Gasteiger partial charge in [0.25, 0.3) is 5.91 Å². The van der Waals surface area contributed by atoms with Crippen LogP contribution in [-0.4, -0.2) is 12.0 Å². The lowest BCUT2D eigenvalue weighted by molar-refractivity contribution is 0.100. The summed E-state index contributed by atoms with van der Waals surface area (Å²) < 4.78 is 7.72. The second-order valence-corrected chi connectivity index (χ2v) is 6.02. The van der Waals surface area contributed by atoms with Crippen LogP contribution >= 0.6 is 27.3 Å². The van der Waals surface area contributed by atoms with Gasteiger partial charge in [0.05, 0.1) is 11.0 Å². The molecule has 1 fully saturated rings. The van der Waals surface area contributed by atoms with Gasteiger partial charge < -0.3 is 10.5 Å². The van der Waals surface area contributed by atoms with E-state index in [1.807, 2.05) is 18.2 Å². The van der Waals surface area contributed by atoms with E-state index in [1.54, 1.807) is 0 Å². The van der Waals surface area contributed by atoms with Crippen molar-refractivity contribution in [1.29, 1.82) is 0 Å². The van der Waals surface area contributed by atoms with Crippen LogP contribution in [0.15, 0.2) is 22.7 Å². The molecule has 0 aliphatic heterocycles. The Hall–Kier alpha value is -1.07. The van der Waals surface area contributed by atoms with Gasteiger partial charge in [0.2, 0.25) is 0 Å². The van der Waals surface area contributed by atoms with Crippen molar-refractivity contribution < 1.29 is 9.53 Å². The highest BCUT2D eigenvalue weighted by atomic mass is 79.9. The Morgan fingerprint density at radius 3 is 2.82 bits per heavy atom. The molecule has 0 unspecified atom stereocenters. The van der Waals surface area contributed by atoms with E-state index in [0.29, 0.717) is 11.0 Å². The number of fused-ring (bicyclic) bond motifs is 1. The maximum atomic E-state index is 11.1. The van der Waals surface area contributed by atoms with Gasteiger partial charge in [0.1, 0.15) is 5.75 Å². The van der Waals surface area contributed by atoms with Crippen LogP contribution in [0.1, 0.15) is 22.5 Å². The van der Waals surface area contributed by atoms with Gasteiger partial charge in [-0.2, -0.15) is 0 Å². The second kappa shape index (κ2) is 3.99. The van der Waals surface area contributed by atoms with Crippen LogP contribution in [0.4, 0.5) is 0 Å². The fourth-order valence-electron chi connectivity index (χ4n) is 1.65. The van der Waals surface area contributed by atoms with Crippen LogP contribution < -0.4 is 10.5 Å². The molecule has 1 amide bonds. The highest BCUT2D eigenvalue weighted by Crippen LogP contribution is 2.37. The number of ether oxygens (including phenoxy) is 1. The lowest BCUT2D eigenvalue weighted by Crippen LogP contribution is -2.07. The number of thiophene rings is 1. The van der Waals surface area contributed by atoms with Gasteiger partial charge in [0.15, 0.2) is 0 Å². The average molecular weight is 312 g/mol. The molecule has 1 aromatic heterocycles. The maximum absolute atomic E-state index is 11.1. The number of carbonyl (C=O) groups is 1. The molecule has 1 aliphatic carbocycles. The molecular weight excluding hydrogens is 302 g/mol. The minimum Gasteiger partial charge on any atom is -0.490 e. The second-order valence-electron chi connectivity index (χ2n) is 4.12. The Bertz CT molecular complexity index is 604. The molecule has 1 aromatic carbocycles. The van der Waals surface area contributed by atoms with Crippen molar-refractivity contribution in [3.63, 3.8) is 0 Å². The molecule has 88 valence electrons. The Labute approximate surface area is 111 Å². The number of hydrogen-bond acceptors (Lipinski definition) is 3. The van der Waals surface area contributed by atoms with Crippen molar-refractivity contribution in [2.75, 3.05) is 0 Å². The van der Waals surface area contributed by atoms with Crippen LogP contribution in [0, 0.1) is 0 Å². The van der Waals surface area contributed by atoms with Gasteiger partial charge in [-0.15, -0.1) is 11.3 Å². The van der Waals surface area contributed by atoms with E-state index in [1.165, 1.54) is 11.3 Å². The summed E-state index contributed by atoms with van der Waals surface area (Å²) in [4.78, 5) is 11.7. The normalized spacial score (nSPS) is 15.1. The summed E-state index contributed by atoms with van der Waals surface area (Å²) in [5.74, 6) is 0.462. The molecule has 0 radical (unpaired) electrons. The fraction of sp³-hybridized carbons (Fsp3) is 0.250. The molecule has 3 rings (SSSR count). The van der Waals surface area contributed by atoms with Crippen LogP contribution in [0.5, 0.6) is 5.75 Å². The number of primary amides is 1. The first-order chi connectivity index (χ1) is 8.13. The molecule has 0 atom stereocenters. The third kappa shape index (κ3) is 2.17. The van der Waals surface area contributed by atoms with Crippen LogP contribution in [0.3, 0.4) is 0 Å². The third-order valence-electron chi connectivity index (χ3n) is 2.61. The first-order valence-corrected chi connectivity index (χ1v) is 6.94. The minimum absolute atomic E-state index is 0.369. The number of nitrogens with two attached hydrogens (primary N) is 1. The van der Waals surface area contributed by atoms with Gasteiger partial charge in [-0.05, 0) is 52.4 Å². The summed E-state index contributed by atoms with van der Waals surface area (Å²) in [6, 6.07) is 5.72. The number of rotatable bonds is 3. The highest BCUT2D eigenvalue weighted by Gasteiger charge is 2.24. The number of amides is 1. The van der Waals surface area contributed by atoms with Crippen LogP contribution in [-0.2, 0) is 0 Å². The summed E-state index contributed by atoms with van der Waals surface area (Å²) in [5, 5.41) is 0.994. The van der Waals surface area contributed by atoms with Crippen molar-refractivity contribution in [3.8, 4) is 5.75 Å². The molecule has 1 aliphatic rings. The molecule has 0 spiro atoms. The fourth-order valence-corrected chi connectivity index (χ4v) is 3.25. The largest absolute Gasteiger partial charge is 0.490 e. The molecular formula is C12H10BrNO2S. The smallest absolute Gasteiger partial charge is 0.258 e. The van der Waals surface area contributed by atoms with Gasteiger partial charge in [-0.1, -0.05) is 0 Å². The number of carbonyl (C=O) groups excluding carboxylic acids is 1. The molecule has 1 saturated carbocycles. The molecule has 5 heteroatoms. The van der Waals surface area contributed by atoms with Crippen LogP contribution in [0.25, 0.3) is 10.1 Å². The van der Waals surface area contributed by atoms with E-state index in [4.69, 9.17) is 10.5 Å². The molecule has 17 heavy (non-hydrogen) atoms. The van der Waals surface area contributed by atoms with Gasteiger partial charge in [0, 0.05) is 9.17 Å². The predicted molar refractivity (Wildman–Crippen MR) is 71.7 cm³/mol. The van der Waals surface area contributed by atoms with E-state index in [-0.39, 0.29) is 5.91 Å². The van der Waals surface area contributed by atoms with E-state index >= 15 is 0 Å². The first kappa shape index (κ1) is 11.0. The van der Waals surface area contributed by atoms with Crippen LogP contribution in [0.2, 0.25) is 0 Å². The van der Waals surface area contributed by atoms with Gasteiger partial charge >= 0.3 is 0 Å². The maximum Gasteiger partial charge on any atom is 0.258 e. The average Bonchev–Trinajstić information content (AvgIpc) is 2.95. The molecule has 2 N–H and O–H groups in total. The quantitative estimate of drug-likeness (QED) is 0.945. The zero-order valence-corrected chi connectivity index (χ0v) is 11.3. The summed E-state index contributed by atoms with van der Waals surface area (Å²) in [6.07, 6.45) is 2.63. The van der Waals surface area contributed by atoms with E-state index in [0.717, 1.165) is 33.2 Å². The molecule has 3 nitrogen and oxygen atoms in total. The molecule has 0 bridgehead atoms. The standard InChI is InChI=1S/C12H10BrNO2S/c13-9-5-8(16-7-1-2-7)3-6-4-10(12(14)15)17-11(6)9/h3-5,7H,1-2H2,(H2,14,15). The number of halogens is 1. The first-order valence-electron chi connectivity index (χ1n) is 5.33. The number of benzene rings is 1. The topological polar surface area (TPSA) is 52.3 Å². The van der Waals surface area contributed by atoms with Gasteiger partial charge in [-0.3, -0.25) is 4.79 Å². The Kier molecular flexibility index (Phi) is 2.60. The summed E-state index contributed by atoms with van der Waals surface area (Å²) in [5.41, 5.74) is 5.28. The summed E-state index contributed by atoms with van der Waals surface area (Å²) >= 11 is 4.90. The van der Waals surface area contributed by atoms with Gasteiger partial charge in [-0.25, -0.2) is 0 Å². The molecule has 0 saturated heterocycles. The lowest BCUT2D eigenvalue weighted by atomic mass is 10.2. The summed E-state index contributed by atoms with van der Waals surface area (Å²) in [7, 11) is 0. The Morgan fingerprint density at radius 2 is 2.18 bits per heavy atom. The Balaban J connectivity index is 2.07. The van der Waals surface area contributed by atoms with Crippen molar-refractivity contribution in [2.45, 2.75) is 18.9 Å². The number of hydrogen-bond donors (Lipinski definition) is 1. The van der Waals surface area contributed by atoms with E-state index < -0.39 is 0 Å². The van der Waals surface area contributed by atoms with E-state index in [9.17, 15) is 4.79 Å². The summed E-state index contributed by atoms with van der Waals surface area (Å²) in [6.45, 7) is 0. The molecule has 2 aromatic rings. The zero-order chi connectivity index (χ0) is 12.0. The van der Waals surface area contributed by atoms with Crippen molar-refractivity contribution >= 4 is 43.3 Å². The third-order valence-corrected chi connectivity index (χ3v) is 4.70. The van der Waals surface area contributed by atoms with Crippen molar-refractivity contribution in [1.82, 2.24) is 0 Å². The van der Waals surface area contributed by atoms with Crippen molar-refractivity contribution in [3.05, 3.63) is 27.5 Å². The lowest BCUT2D eigenvalue weighted by Gasteiger charge is -2.05. The molecule has 1 heterocycles. The monoisotopic (exact) mass is 311 g/mol. The van der Waals surface area contributed by atoms with Crippen molar-refractivity contribution in [2.24, 2.45) is 5.73 Å². The SMILES string of the molecule is NC(=O)c1cc2cc(OC3CC3)cc(Br)c2s1. The highest BCUT2D eigenvalue weighted by molar-refractivity contribution is 9.10. The predicted octanol–water partition coefficient (Wildman–Crippen LogP) is 3.30.